The first-order chi connectivity index (χ1) is 16.9. The number of nitrogens with one attached hydrogen (secondary N) is 1. The zero-order valence-electron chi connectivity index (χ0n) is 20.1. The number of carbonyl (C=O) groups is 1. The standard InChI is InChI=1S/C26H29F3N2O3S2/c1-18-8-10-22(11-9-18)23-6-4-5-7-24(23)30-25(32)19(2)16-35-20(3)21-12-14-31(15-13-21)36(33,34)17-26(27,28)29/h4-11,16,21H,3,12-15,17H2,1-2H3,(H,30,32)/b19-16+. The third-order valence-electron chi connectivity index (χ3n) is 5.93. The van der Waals surface area contributed by atoms with Gasteiger partial charge in [-0.15, -0.1) is 11.8 Å². The fourth-order valence-corrected chi connectivity index (χ4v) is 6.09. The molecular weight excluding hydrogens is 509 g/mol. The van der Waals surface area contributed by atoms with E-state index < -0.39 is 22.0 Å². The highest BCUT2D eigenvalue weighted by Crippen LogP contribution is 2.34. The average molecular weight is 539 g/mol. The molecule has 1 saturated heterocycles. The lowest BCUT2D eigenvalue weighted by atomic mass is 9.98. The predicted molar refractivity (Wildman–Crippen MR) is 140 cm³/mol. The number of nitrogens with zero attached hydrogens (tertiary/aromatic N) is 1. The molecule has 2 aromatic carbocycles. The largest absolute Gasteiger partial charge is 0.404 e. The number of para-hydroxylation sites is 1. The van der Waals surface area contributed by atoms with Crippen molar-refractivity contribution in [1.29, 1.82) is 0 Å². The molecule has 0 radical (unpaired) electrons. The highest BCUT2D eigenvalue weighted by Gasteiger charge is 2.39. The van der Waals surface area contributed by atoms with E-state index in [0.717, 1.165) is 25.9 Å². The normalized spacial score (nSPS) is 16.1. The number of thioether (sulfide) groups is 1. The van der Waals surface area contributed by atoms with Crippen LogP contribution in [0.25, 0.3) is 11.1 Å². The van der Waals surface area contributed by atoms with Gasteiger partial charge in [0, 0.05) is 29.9 Å². The molecule has 10 heteroatoms. The minimum atomic E-state index is -4.77. The van der Waals surface area contributed by atoms with E-state index >= 15 is 0 Å². The first kappa shape index (κ1) is 28.0. The number of halogens is 3. The van der Waals surface area contributed by atoms with Crippen molar-refractivity contribution in [2.45, 2.75) is 32.9 Å². The molecule has 0 atom stereocenters. The van der Waals surface area contributed by atoms with Crippen LogP contribution in [0.1, 0.15) is 25.3 Å². The van der Waals surface area contributed by atoms with Crippen LogP contribution in [0.15, 0.2) is 71.0 Å². The zero-order valence-corrected chi connectivity index (χ0v) is 21.8. The lowest BCUT2D eigenvalue weighted by Crippen LogP contribution is -2.42. The number of piperidine rings is 1. The first-order valence-electron chi connectivity index (χ1n) is 11.4. The van der Waals surface area contributed by atoms with Crippen molar-refractivity contribution in [2.75, 3.05) is 24.2 Å². The summed E-state index contributed by atoms with van der Waals surface area (Å²) in [6, 6.07) is 15.6. The van der Waals surface area contributed by atoms with E-state index in [1.54, 1.807) is 12.3 Å². The maximum atomic E-state index is 12.8. The van der Waals surface area contributed by atoms with Crippen LogP contribution in [0.5, 0.6) is 0 Å². The van der Waals surface area contributed by atoms with Crippen molar-refractivity contribution in [3.63, 3.8) is 0 Å². The van der Waals surface area contributed by atoms with Crippen LogP contribution in [-0.2, 0) is 14.8 Å². The highest BCUT2D eigenvalue weighted by atomic mass is 32.2. The van der Waals surface area contributed by atoms with E-state index in [1.807, 2.05) is 55.5 Å². The lowest BCUT2D eigenvalue weighted by molar-refractivity contribution is -0.112. The summed E-state index contributed by atoms with van der Waals surface area (Å²) in [5.74, 6) is -2.16. The van der Waals surface area contributed by atoms with Gasteiger partial charge in [-0.05, 0) is 54.6 Å². The summed E-state index contributed by atoms with van der Waals surface area (Å²) in [4.78, 5) is 13.6. The molecule has 1 amide bonds. The Hall–Kier alpha value is -2.56. The van der Waals surface area contributed by atoms with Gasteiger partial charge in [-0.2, -0.15) is 13.2 Å². The number of sulfonamides is 1. The van der Waals surface area contributed by atoms with Crippen LogP contribution in [-0.4, -0.2) is 43.6 Å². The molecule has 36 heavy (non-hydrogen) atoms. The average Bonchev–Trinajstić information content (AvgIpc) is 2.82. The van der Waals surface area contributed by atoms with E-state index in [1.165, 1.54) is 11.8 Å². The molecule has 1 aliphatic heterocycles. The van der Waals surface area contributed by atoms with Crippen molar-refractivity contribution in [1.82, 2.24) is 4.31 Å². The van der Waals surface area contributed by atoms with Gasteiger partial charge in [-0.1, -0.05) is 54.6 Å². The number of amides is 1. The number of aryl methyl sites for hydroxylation is 1. The topological polar surface area (TPSA) is 66.5 Å². The van der Waals surface area contributed by atoms with Gasteiger partial charge >= 0.3 is 6.18 Å². The Bertz CT molecular complexity index is 1230. The predicted octanol–water partition coefficient (Wildman–Crippen LogP) is 6.36. The minimum absolute atomic E-state index is 0.0155. The molecule has 1 N–H and O–H groups in total. The molecular formula is C26H29F3N2O3S2. The van der Waals surface area contributed by atoms with E-state index in [9.17, 15) is 26.4 Å². The van der Waals surface area contributed by atoms with Gasteiger partial charge in [0.15, 0.2) is 5.75 Å². The van der Waals surface area contributed by atoms with E-state index in [2.05, 4.69) is 11.9 Å². The summed E-state index contributed by atoms with van der Waals surface area (Å²) in [7, 11) is -4.38. The van der Waals surface area contributed by atoms with Crippen molar-refractivity contribution >= 4 is 33.4 Å². The molecule has 0 spiro atoms. The van der Waals surface area contributed by atoms with E-state index in [0.29, 0.717) is 24.1 Å². The molecule has 1 aliphatic rings. The number of anilines is 1. The molecule has 194 valence electrons. The maximum absolute atomic E-state index is 12.8. The van der Waals surface area contributed by atoms with E-state index in [-0.39, 0.29) is 24.9 Å². The van der Waals surface area contributed by atoms with Crippen LogP contribution in [0, 0.1) is 12.8 Å². The smallest absolute Gasteiger partial charge is 0.322 e. The number of alkyl halides is 3. The summed E-state index contributed by atoms with van der Waals surface area (Å²) in [5.41, 5.74) is 4.21. The number of benzene rings is 2. The Kier molecular flexibility index (Phi) is 9.08. The molecule has 0 bridgehead atoms. The summed E-state index contributed by atoms with van der Waals surface area (Å²) in [6.07, 6.45) is -4.00. The van der Waals surface area contributed by atoms with Crippen LogP contribution in [0.4, 0.5) is 18.9 Å². The van der Waals surface area contributed by atoms with Gasteiger partial charge in [0.05, 0.1) is 0 Å². The first-order valence-corrected chi connectivity index (χ1v) is 13.9. The number of rotatable bonds is 8. The molecule has 2 aromatic rings. The SMILES string of the molecule is C=C(S/C=C(\C)C(=O)Nc1ccccc1-c1ccc(C)cc1)C1CCN(S(=O)(=O)CC(F)(F)F)CC1. The van der Waals surface area contributed by atoms with Gasteiger partial charge in [0.25, 0.3) is 5.91 Å². The Balaban J connectivity index is 1.57. The second-order valence-electron chi connectivity index (χ2n) is 8.80. The van der Waals surface area contributed by atoms with Crippen molar-refractivity contribution in [3.8, 4) is 11.1 Å². The molecule has 0 unspecified atom stereocenters. The monoisotopic (exact) mass is 538 g/mol. The molecule has 1 fully saturated rings. The van der Waals surface area contributed by atoms with Crippen LogP contribution >= 0.6 is 11.8 Å². The van der Waals surface area contributed by atoms with Gasteiger partial charge in [-0.25, -0.2) is 12.7 Å². The second kappa shape index (κ2) is 11.7. The second-order valence-corrected chi connectivity index (χ2v) is 11.8. The van der Waals surface area contributed by atoms with Gasteiger partial charge in [-0.3, -0.25) is 4.79 Å². The van der Waals surface area contributed by atoms with Crippen LogP contribution in [0.3, 0.4) is 0 Å². The van der Waals surface area contributed by atoms with Crippen molar-refractivity contribution < 1.29 is 26.4 Å². The molecule has 0 aromatic heterocycles. The van der Waals surface area contributed by atoms with Gasteiger partial charge in [0.1, 0.15) is 0 Å². The Morgan fingerprint density at radius 3 is 2.36 bits per heavy atom. The molecule has 1 heterocycles. The Labute approximate surface area is 214 Å². The Morgan fingerprint density at radius 1 is 1.14 bits per heavy atom. The van der Waals surface area contributed by atoms with Gasteiger partial charge < -0.3 is 5.32 Å². The van der Waals surface area contributed by atoms with Crippen LogP contribution in [0.2, 0.25) is 0 Å². The fourth-order valence-electron chi connectivity index (χ4n) is 3.87. The third-order valence-corrected chi connectivity index (χ3v) is 8.88. The summed E-state index contributed by atoms with van der Waals surface area (Å²) in [6.45, 7) is 7.77. The third kappa shape index (κ3) is 7.72. The lowest BCUT2D eigenvalue weighted by Gasteiger charge is -2.32. The summed E-state index contributed by atoms with van der Waals surface area (Å²) < 4.78 is 62.5. The Morgan fingerprint density at radius 2 is 1.75 bits per heavy atom. The summed E-state index contributed by atoms with van der Waals surface area (Å²) >= 11 is 1.29. The number of hydrogen-bond donors (Lipinski definition) is 1. The number of allylic oxidation sites excluding steroid dienone is 1. The quantitative estimate of drug-likeness (QED) is 0.398. The van der Waals surface area contributed by atoms with Crippen molar-refractivity contribution in [3.05, 3.63) is 76.6 Å². The molecule has 3 rings (SSSR count). The number of hydrogen-bond acceptors (Lipinski definition) is 4. The summed E-state index contributed by atoms with van der Waals surface area (Å²) in [5, 5.41) is 4.65. The van der Waals surface area contributed by atoms with Crippen LogP contribution < -0.4 is 5.32 Å². The number of carbonyl (C=O) groups excluding carboxylic acids is 1. The fraction of sp³-hybridized carbons (Fsp3) is 0.346. The molecule has 5 nitrogen and oxygen atoms in total. The minimum Gasteiger partial charge on any atom is -0.322 e. The maximum Gasteiger partial charge on any atom is 0.404 e. The van der Waals surface area contributed by atoms with Crippen molar-refractivity contribution in [2.24, 2.45) is 5.92 Å². The van der Waals surface area contributed by atoms with Gasteiger partial charge in [0.2, 0.25) is 10.0 Å². The highest BCUT2D eigenvalue weighted by molar-refractivity contribution is 8.05. The molecule has 0 aliphatic carbocycles. The zero-order chi connectivity index (χ0) is 26.5. The molecule has 0 saturated carbocycles. The van der Waals surface area contributed by atoms with E-state index in [4.69, 9.17) is 0 Å².